The first-order valence-electron chi connectivity index (χ1n) is 12.1. The van der Waals surface area contributed by atoms with Crippen LogP contribution in [0.1, 0.15) is 54.4 Å². The van der Waals surface area contributed by atoms with Crippen molar-refractivity contribution in [3.05, 3.63) is 59.7 Å². The minimum absolute atomic E-state index is 0.0275. The van der Waals surface area contributed by atoms with Gasteiger partial charge in [-0.2, -0.15) is 0 Å². The molecule has 0 unspecified atom stereocenters. The highest BCUT2D eigenvalue weighted by Gasteiger charge is 2.39. The SMILES string of the molecule is O=C1CC[C@](CCC(=O)N2CCC[C@H](C(=O)c3ccccc3)C2)(Cc2ccc3c(c2)OCO3)N1. The van der Waals surface area contributed by atoms with E-state index in [4.69, 9.17) is 9.47 Å². The number of amides is 2. The van der Waals surface area contributed by atoms with Crippen LogP contribution in [-0.4, -0.2) is 47.9 Å². The van der Waals surface area contributed by atoms with Gasteiger partial charge in [0.15, 0.2) is 17.3 Å². The maximum absolute atomic E-state index is 13.2. The summed E-state index contributed by atoms with van der Waals surface area (Å²) in [5.41, 5.74) is 1.30. The molecule has 2 fully saturated rings. The first-order valence-corrected chi connectivity index (χ1v) is 12.1. The van der Waals surface area contributed by atoms with Crippen molar-refractivity contribution in [2.75, 3.05) is 19.9 Å². The molecule has 2 aromatic rings. The second kappa shape index (κ2) is 9.49. The molecular formula is C27H30N2O5. The molecule has 0 spiro atoms. The molecule has 7 nitrogen and oxygen atoms in total. The van der Waals surface area contributed by atoms with Crippen LogP contribution in [0.15, 0.2) is 48.5 Å². The number of nitrogens with zero attached hydrogens (tertiary/aromatic N) is 1. The molecule has 1 N–H and O–H groups in total. The Kier molecular flexibility index (Phi) is 6.26. The molecular weight excluding hydrogens is 432 g/mol. The van der Waals surface area contributed by atoms with Gasteiger partial charge < -0.3 is 19.7 Å². The normalized spacial score (nSPS) is 23.6. The molecule has 3 aliphatic heterocycles. The van der Waals surface area contributed by atoms with Crippen molar-refractivity contribution < 1.29 is 23.9 Å². The third kappa shape index (κ3) is 4.79. The van der Waals surface area contributed by atoms with Gasteiger partial charge in [0, 0.05) is 43.0 Å². The first-order chi connectivity index (χ1) is 16.5. The van der Waals surface area contributed by atoms with E-state index in [1.807, 2.05) is 53.4 Å². The predicted molar refractivity (Wildman–Crippen MR) is 126 cm³/mol. The number of ketones is 1. The van der Waals surface area contributed by atoms with E-state index in [9.17, 15) is 14.4 Å². The molecule has 0 bridgehead atoms. The van der Waals surface area contributed by atoms with Crippen molar-refractivity contribution in [1.29, 1.82) is 0 Å². The largest absolute Gasteiger partial charge is 0.454 e. The van der Waals surface area contributed by atoms with Crippen LogP contribution in [-0.2, 0) is 16.0 Å². The molecule has 2 amide bonds. The second-order valence-electron chi connectivity index (χ2n) is 9.60. The van der Waals surface area contributed by atoms with Crippen LogP contribution >= 0.6 is 0 Å². The van der Waals surface area contributed by atoms with Gasteiger partial charge in [-0.3, -0.25) is 14.4 Å². The molecule has 2 aromatic carbocycles. The van der Waals surface area contributed by atoms with E-state index in [-0.39, 0.29) is 30.3 Å². The van der Waals surface area contributed by atoms with Gasteiger partial charge in [-0.1, -0.05) is 36.4 Å². The van der Waals surface area contributed by atoms with E-state index >= 15 is 0 Å². The Bertz CT molecular complexity index is 1090. The van der Waals surface area contributed by atoms with Crippen LogP contribution in [0.2, 0.25) is 0 Å². The Balaban J connectivity index is 1.22. The lowest BCUT2D eigenvalue weighted by Crippen LogP contribution is -2.46. The van der Waals surface area contributed by atoms with E-state index in [2.05, 4.69) is 5.32 Å². The fourth-order valence-electron chi connectivity index (χ4n) is 5.38. The van der Waals surface area contributed by atoms with Crippen LogP contribution in [0, 0.1) is 5.92 Å². The Morgan fingerprint density at radius 3 is 2.71 bits per heavy atom. The third-order valence-electron chi connectivity index (χ3n) is 7.24. The minimum atomic E-state index is -0.449. The van der Waals surface area contributed by atoms with Crippen molar-refractivity contribution in [3.8, 4) is 11.5 Å². The van der Waals surface area contributed by atoms with E-state index < -0.39 is 5.54 Å². The Labute approximate surface area is 199 Å². The number of Topliss-reactive ketones (excluding diaryl/α,β-unsaturated/α-hetero) is 1. The van der Waals surface area contributed by atoms with E-state index in [0.29, 0.717) is 50.8 Å². The summed E-state index contributed by atoms with van der Waals surface area (Å²) in [7, 11) is 0. The molecule has 0 radical (unpaired) electrons. The maximum Gasteiger partial charge on any atom is 0.231 e. The van der Waals surface area contributed by atoms with Crippen LogP contribution in [0.25, 0.3) is 0 Å². The van der Waals surface area contributed by atoms with Crippen molar-refractivity contribution in [3.63, 3.8) is 0 Å². The van der Waals surface area contributed by atoms with Crippen molar-refractivity contribution in [1.82, 2.24) is 10.2 Å². The molecule has 2 saturated heterocycles. The lowest BCUT2D eigenvalue weighted by Gasteiger charge is -2.34. The van der Waals surface area contributed by atoms with E-state index in [0.717, 1.165) is 29.9 Å². The van der Waals surface area contributed by atoms with Gasteiger partial charge >= 0.3 is 0 Å². The van der Waals surface area contributed by atoms with Gasteiger partial charge in [0.2, 0.25) is 18.6 Å². The minimum Gasteiger partial charge on any atom is -0.454 e. The third-order valence-corrected chi connectivity index (χ3v) is 7.24. The Morgan fingerprint density at radius 2 is 1.91 bits per heavy atom. The molecule has 34 heavy (non-hydrogen) atoms. The van der Waals surface area contributed by atoms with Crippen LogP contribution in [0.5, 0.6) is 11.5 Å². The van der Waals surface area contributed by atoms with Crippen LogP contribution in [0.4, 0.5) is 0 Å². The molecule has 178 valence electrons. The molecule has 0 saturated carbocycles. The average Bonchev–Trinajstić information content (AvgIpc) is 3.49. The highest BCUT2D eigenvalue weighted by Crippen LogP contribution is 2.36. The summed E-state index contributed by atoms with van der Waals surface area (Å²) >= 11 is 0. The van der Waals surface area contributed by atoms with Crippen LogP contribution in [0.3, 0.4) is 0 Å². The zero-order chi connectivity index (χ0) is 23.5. The van der Waals surface area contributed by atoms with Gasteiger partial charge in [0.25, 0.3) is 0 Å². The molecule has 2 atom stereocenters. The summed E-state index contributed by atoms with van der Waals surface area (Å²) in [6.45, 7) is 1.37. The predicted octanol–water partition coefficient (Wildman–Crippen LogP) is 3.51. The highest BCUT2D eigenvalue weighted by atomic mass is 16.7. The molecule has 7 heteroatoms. The van der Waals surface area contributed by atoms with Gasteiger partial charge in [-0.05, 0) is 49.8 Å². The lowest BCUT2D eigenvalue weighted by atomic mass is 9.84. The quantitative estimate of drug-likeness (QED) is 0.637. The first kappa shape index (κ1) is 22.4. The number of rotatable bonds is 7. The molecule has 0 aliphatic carbocycles. The average molecular weight is 463 g/mol. The zero-order valence-corrected chi connectivity index (χ0v) is 19.3. The molecule has 3 heterocycles. The number of hydrogen-bond acceptors (Lipinski definition) is 5. The second-order valence-corrected chi connectivity index (χ2v) is 9.60. The topological polar surface area (TPSA) is 84.9 Å². The number of hydrogen-bond donors (Lipinski definition) is 1. The standard InChI is InChI=1S/C27H30N2O5/c30-24-10-12-27(28-24,16-19-8-9-22-23(15-19)34-18-33-22)13-11-25(31)29-14-4-7-21(17-29)26(32)20-5-2-1-3-6-20/h1-3,5-6,8-9,15,21H,4,7,10-14,16-18H2,(H,28,30)/t21-,27-/m0/s1. The zero-order valence-electron chi connectivity index (χ0n) is 19.3. The number of ether oxygens (including phenoxy) is 2. The fraction of sp³-hybridized carbons (Fsp3) is 0.444. The van der Waals surface area contributed by atoms with E-state index in [1.54, 1.807) is 0 Å². The number of piperidine rings is 1. The number of benzene rings is 2. The number of carbonyl (C=O) groups excluding carboxylic acids is 3. The smallest absolute Gasteiger partial charge is 0.231 e. The maximum atomic E-state index is 13.2. The summed E-state index contributed by atoms with van der Waals surface area (Å²) in [4.78, 5) is 40.0. The number of nitrogens with one attached hydrogen (secondary N) is 1. The van der Waals surface area contributed by atoms with Crippen molar-refractivity contribution in [2.45, 2.75) is 50.5 Å². The fourth-order valence-corrected chi connectivity index (χ4v) is 5.38. The number of fused-ring (bicyclic) bond motifs is 1. The van der Waals surface area contributed by atoms with Gasteiger partial charge in [0.1, 0.15) is 0 Å². The molecule has 5 rings (SSSR count). The summed E-state index contributed by atoms with van der Waals surface area (Å²) in [6, 6.07) is 15.2. The number of carbonyl (C=O) groups is 3. The monoisotopic (exact) mass is 462 g/mol. The van der Waals surface area contributed by atoms with Crippen LogP contribution < -0.4 is 14.8 Å². The summed E-state index contributed by atoms with van der Waals surface area (Å²) in [5.74, 6) is 1.48. The lowest BCUT2D eigenvalue weighted by molar-refractivity contribution is -0.133. The summed E-state index contributed by atoms with van der Waals surface area (Å²) in [5, 5.41) is 3.15. The van der Waals surface area contributed by atoms with Crippen molar-refractivity contribution in [2.24, 2.45) is 5.92 Å². The highest BCUT2D eigenvalue weighted by molar-refractivity contribution is 5.98. The molecule has 3 aliphatic rings. The van der Waals surface area contributed by atoms with Gasteiger partial charge in [-0.15, -0.1) is 0 Å². The van der Waals surface area contributed by atoms with Crippen molar-refractivity contribution >= 4 is 17.6 Å². The summed E-state index contributed by atoms with van der Waals surface area (Å²) in [6.07, 6.45) is 4.35. The van der Waals surface area contributed by atoms with E-state index in [1.165, 1.54) is 0 Å². The molecule has 0 aromatic heterocycles. The summed E-state index contributed by atoms with van der Waals surface area (Å²) < 4.78 is 10.9. The van der Waals surface area contributed by atoms with Gasteiger partial charge in [0.05, 0.1) is 0 Å². The number of likely N-dealkylation sites (tertiary alicyclic amines) is 1. The Hall–Kier alpha value is -3.35. The Morgan fingerprint density at radius 1 is 1.09 bits per heavy atom. The van der Waals surface area contributed by atoms with Gasteiger partial charge in [-0.25, -0.2) is 0 Å².